The molecule has 0 fully saturated rings. The lowest BCUT2D eigenvalue weighted by Gasteiger charge is -2.40. The van der Waals surface area contributed by atoms with Crippen LogP contribution in [0, 0.1) is 0 Å². The van der Waals surface area contributed by atoms with Gasteiger partial charge in [0.25, 0.3) is 0 Å². The van der Waals surface area contributed by atoms with Gasteiger partial charge in [-0.05, 0) is 36.1 Å². The summed E-state index contributed by atoms with van der Waals surface area (Å²) in [6.45, 7) is 0. The van der Waals surface area contributed by atoms with E-state index in [1.807, 2.05) is 12.1 Å². The first-order valence-corrected chi connectivity index (χ1v) is 8.86. The highest BCUT2D eigenvalue weighted by Gasteiger charge is 2.44. The highest BCUT2D eigenvalue weighted by molar-refractivity contribution is 7.21. The molecule has 23 heavy (non-hydrogen) atoms. The Morgan fingerprint density at radius 3 is 2.65 bits per heavy atom. The zero-order chi connectivity index (χ0) is 15.4. The number of benzene rings is 2. The maximum Gasteiger partial charge on any atom is 0.180 e. The third kappa shape index (κ3) is 1.96. The van der Waals surface area contributed by atoms with Gasteiger partial charge in [-0.1, -0.05) is 36.4 Å². The zero-order valence-corrected chi connectivity index (χ0v) is 13.5. The fraction of sp³-hybridized carbons (Fsp3) is 0.250. The number of fused-ring (bicyclic) bond motifs is 4. The van der Waals surface area contributed by atoms with Crippen molar-refractivity contribution in [1.29, 1.82) is 0 Å². The minimum absolute atomic E-state index is 0.242. The number of hydrogen-bond donors (Lipinski definition) is 0. The molecule has 0 N–H and O–H groups in total. The number of carbonyl (C=O) groups excluding carboxylic acids is 1. The van der Waals surface area contributed by atoms with Crippen molar-refractivity contribution in [2.75, 3.05) is 0 Å². The Balaban J connectivity index is 1.62. The summed E-state index contributed by atoms with van der Waals surface area (Å²) < 4.78 is 7.67. The number of thiophene rings is 1. The summed E-state index contributed by atoms with van der Waals surface area (Å²) >= 11 is 1.57. The summed E-state index contributed by atoms with van der Waals surface area (Å²) in [6.07, 6.45) is 3.24. The lowest BCUT2D eigenvalue weighted by atomic mass is 9.76. The first kappa shape index (κ1) is 13.3. The SMILES string of the molecule is O=C1CC2(CCc3ccccc3C2)Oc2c1sc1ccccc21. The highest BCUT2D eigenvalue weighted by Crippen LogP contribution is 2.47. The molecule has 1 aliphatic carbocycles. The molecular weight excluding hydrogens is 304 g/mol. The van der Waals surface area contributed by atoms with Crippen LogP contribution in [0.1, 0.15) is 33.6 Å². The van der Waals surface area contributed by atoms with Crippen molar-refractivity contribution < 1.29 is 9.53 Å². The molecule has 0 saturated heterocycles. The van der Waals surface area contributed by atoms with E-state index in [1.54, 1.807) is 11.3 Å². The van der Waals surface area contributed by atoms with Crippen LogP contribution < -0.4 is 4.74 Å². The van der Waals surface area contributed by atoms with Crippen molar-refractivity contribution in [1.82, 2.24) is 0 Å². The molecule has 2 aliphatic rings. The van der Waals surface area contributed by atoms with Crippen LogP contribution >= 0.6 is 11.3 Å². The number of carbonyl (C=O) groups is 1. The highest BCUT2D eigenvalue weighted by atomic mass is 32.1. The maximum atomic E-state index is 12.8. The van der Waals surface area contributed by atoms with Gasteiger partial charge in [-0.15, -0.1) is 11.3 Å². The normalized spacial score (nSPS) is 22.7. The average molecular weight is 320 g/mol. The van der Waals surface area contributed by atoms with Crippen LogP contribution in [0.25, 0.3) is 10.1 Å². The Morgan fingerprint density at radius 2 is 1.74 bits per heavy atom. The predicted octanol–water partition coefficient (Wildman–Crippen LogP) is 4.79. The lowest BCUT2D eigenvalue weighted by Crippen LogP contribution is -2.46. The average Bonchev–Trinajstić information content (AvgIpc) is 2.94. The molecule has 2 heterocycles. The van der Waals surface area contributed by atoms with Gasteiger partial charge in [0.15, 0.2) is 5.78 Å². The second kappa shape index (κ2) is 4.68. The van der Waals surface area contributed by atoms with Gasteiger partial charge in [-0.25, -0.2) is 0 Å². The van der Waals surface area contributed by atoms with Crippen LogP contribution in [0.3, 0.4) is 0 Å². The van der Waals surface area contributed by atoms with E-state index < -0.39 is 0 Å². The molecule has 3 aromatic rings. The molecule has 1 aliphatic heterocycles. The van der Waals surface area contributed by atoms with Crippen molar-refractivity contribution in [2.24, 2.45) is 0 Å². The molecule has 3 heteroatoms. The van der Waals surface area contributed by atoms with Gasteiger partial charge in [0, 0.05) is 16.5 Å². The van der Waals surface area contributed by atoms with Gasteiger partial charge >= 0.3 is 0 Å². The maximum absolute atomic E-state index is 12.8. The standard InChI is InChI=1S/C20H16O2S/c21-16-12-20(10-9-13-5-1-2-6-14(13)11-20)22-18-15-7-3-4-8-17(15)23-19(16)18/h1-8H,9-12H2. The van der Waals surface area contributed by atoms with Gasteiger partial charge in [0.2, 0.25) is 0 Å². The smallest absolute Gasteiger partial charge is 0.180 e. The molecule has 0 bridgehead atoms. The van der Waals surface area contributed by atoms with E-state index in [1.165, 1.54) is 11.1 Å². The van der Waals surface area contributed by atoms with Crippen molar-refractivity contribution in [3.63, 3.8) is 0 Å². The predicted molar refractivity (Wildman–Crippen MR) is 92.6 cm³/mol. The zero-order valence-electron chi connectivity index (χ0n) is 12.7. The number of ketones is 1. The Bertz CT molecular complexity index is 940. The van der Waals surface area contributed by atoms with Crippen LogP contribution in [0.5, 0.6) is 5.75 Å². The van der Waals surface area contributed by atoms with Crippen molar-refractivity contribution in [2.45, 2.75) is 31.3 Å². The second-order valence-corrected chi connectivity index (χ2v) is 7.64. The van der Waals surface area contributed by atoms with E-state index in [0.29, 0.717) is 6.42 Å². The molecule has 1 unspecified atom stereocenters. The minimum atomic E-state index is -0.359. The van der Waals surface area contributed by atoms with E-state index in [0.717, 1.165) is 40.0 Å². The van der Waals surface area contributed by atoms with Gasteiger partial charge in [0.1, 0.15) is 16.2 Å². The molecule has 5 rings (SSSR count). The minimum Gasteiger partial charge on any atom is -0.484 e. The Labute approximate surface area is 138 Å². The summed E-state index contributed by atoms with van der Waals surface area (Å²) in [7, 11) is 0. The lowest BCUT2D eigenvalue weighted by molar-refractivity contribution is 0.0331. The molecule has 2 nitrogen and oxygen atoms in total. The fourth-order valence-corrected chi connectivity index (χ4v) is 5.01. The van der Waals surface area contributed by atoms with Crippen molar-refractivity contribution in [3.05, 3.63) is 64.5 Å². The summed E-state index contributed by atoms with van der Waals surface area (Å²) in [5, 5.41) is 1.08. The van der Waals surface area contributed by atoms with Gasteiger partial charge in [0.05, 0.1) is 6.42 Å². The van der Waals surface area contributed by atoms with Crippen LogP contribution in [-0.2, 0) is 12.8 Å². The number of ether oxygens (including phenoxy) is 1. The molecule has 1 atom stereocenters. The van der Waals surface area contributed by atoms with Crippen LogP contribution in [0.4, 0.5) is 0 Å². The molecule has 1 spiro atoms. The van der Waals surface area contributed by atoms with Gasteiger partial charge < -0.3 is 4.74 Å². The number of rotatable bonds is 0. The first-order chi connectivity index (χ1) is 11.2. The third-order valence-electron chi connectivity index (χ3n) is 5.09. The van der Waals surface area contributed by atoms with Gasteiger partial charge in [-0.3, -0.25) is 4.79 Å². The Kier molecular flexibility index (Phi) is 2.71. The first-order valence-electron chi connectivity index (χ1n) is 8.05. The second-order valence-electron chi connectivity index (χ2n) is 6.59. The molecular formula is C20H16O2S. The number of hydrogen-bond acceptors (Lipinski definition) is 3. The van der Waals surface area contributed by atoms with Gasteiger partial charge in [-0.2, -0.15) is 0 Å². The summed E-state index contributed by atoms with van der Waals surface area (Å²) in [5.74, 6) is 1.06. The summed E-state index contributed by atoms with van der Waals surface area (Å²) in [6, 6.07) is 16.7. The molecule has 0 radical (unpaired) electrons. The van der Waals surface area contributed by atoms with Crippen molar-refractivity contribution >= 4 is 27.2 Å². The Hall–Kier alpha value is -2.13. The van der Waals surface area contributed by atoms with E-state index in [9.17, 15) is 4.79 Å². The molecule has 114 valence electrons. The molecule has 1 aromatic heterocycles. The Morgan fingerprint density at radius 1 is 0.957 bits per heavy atom. The van der Waals surface area contributed by atoms with E-state index in [4.69, 9.17) is 4.74 Å². The topological polar surface area (TPSA) is 26.3 Å². The molecule has 0 amide bonds. The van der Waals surface area contributed by atoms with Crippen LogP contribution in [0.2, 0.25) is 0 Å². The molecule has 0 saturated carbocycles. The number of aryl methyl sites for hydroxylation is 1. The monoisotopic (exact) mass is 320 g/mol. The molecule has 2 aromatic carbocycles. The largest absolute Gasteiger partial charge is 0.484 e. The summed E-state index contributed by atoms with van der Waals surface area (Å²) in [4.78, 5) is 13.6. The van der Waals surface area contributed by atoms with E-state index in [-0.39, 0.29) is 11.4 Å². The van der Waals surface area contributed by atoms with E-state index >= 15 is 0 Å². The van der Waals surface area contributed by atoms with E-state index in [2.05, 4.69) is 36.4 Å². The van der Waals surface area contributed by atoms with Crippen molar-refractivity contribution in [3.8, 4) is 5.75 Å². The van der Waals surface area contributed by atoms with Crippen LogP contribution in [-0.4, -0.2) is 11.4 Å². The van der Waals surface area contributed by atoms with Crippen LogP contribution in [0.15, 0.2) is 48.5 Å². The third-order valence-corrected chi connectivity index (χ3v) is 6.28. The number of Topliss-reactive ketones (excluding diaryl/α,β-unsaturated/α-hetero) is 1. The quantitative estimate of drug-likeness (QED) is 0.595. The summed E-state index contributed by atoms with van der Waals surface area (Å²) in [5.41, 5.74) is 2.37. The fourth-order valence-electron chi connectivity index (χ4n) is 3.94.